The minimum absolute atomic E-state index is 1.18. The smallest absolute Gasteiger partial charge is 0.0182 e. The molecule has 1 aromatic carbocycles. The third-order valence-corrected chi connectivity index (χ3v) is 2.55. The van der Waals surface area contributed by atoms with Gasteiger partial charge >= 0.3 is 0 Å². The highest BCUT2D eigenvalue weighted by Gasteiger charge is 2.02. The second-order valence-corrected chi connectivity index (χ2v) is 4.02. The molecular weight excluding hydrogens is 168 g/mol. The van der Waals surface area contributed by atoms with Gasteiger partial charge in [-0.1, -0.05) is 47.6 Å². The van der Waals surface area contributed by atoms with Crippen LogP contribution in [0.25, 0.3) is 5.57 Å². The number of hydrogen-bond acceptors (Lipinski definition) is 0. The summed E-state index contributed by atoms with van der Waals surface area (Å²) in [5.74, 6) is 0. The van der Waals surface area contributed by atoms with E-state index in [1.54, 1.807) is 0 Å². The largest absolute Gasteiger partial charge is 0.0836 e. The second kappa shape index (κ2) is 3.83. The molecule has 0 radical (unpaired) electrons. The van der Waals surface area contributed by atoms with E-state index in [-0.39, 0.29) is 0 Å². The van der Waals surface area contributed by atoms with Crippen LogP contribution < -0.4 is 0 Å². The molecule has 0 atom stereocenters. The summed E-state index contributed by atoms with van der Waals surface area (Å²) in [6.07, 6.45) is 9.19. The maximum absolute atomic E-state index is 2.33. The SMILES string of the molecule is Cc1cc(C)cc(C2=CCCC=C2)c1. The Morgan fingerprint density at radius 3 is 2.21 bits per heavy atom. The maximum Gasteiger partial charge on any atom is -0.0182 e. The number of allylic oxidation sites excluding steroid dienone is 4. The molecule has 0 unspecified atom stereocenters. The van der Waals surface area contributed by atoms with Gasteiger partial charge in [0.05, 0.1) is 0 Å². The first-order valence-corrected chi connectivity index (χ1v) is 5.21. The standard InChI is InChI=1S/C14H16/c1-11-8-12(2)10-14(9-11)13-6-4-3-5-7-13/h4,6-10H,3,5H2,1-2H3. The minimum atomic E-state index is 1.18. The topological polar surface area (TPSA) is 0 Å². The molecule has 1 aromatic rings. The van der Waals surface area contributed by atoms with Gasteiger partial charge in [0.25, 0.3) is 0 Å². The lowest BCUT2D eigenvalue weighted by Crippen LogP contribution is -1.88. The predicted octanol–water partition coefficient (Wildman–Crippen LogP) is 4.04. The molecule has 2 rings (SSSR count). The van der Waals surface area contributed by atoms with E-state index in [0.717, 1.165) is 0 Å². The lowest BCUT2D eigenvalue weighted by atomic mass is 9.97. The first-order chi connectivity index (χ1) is 6.75. The molecule has 0 fully saturated rings. The van der Waals surface area contributed by atoms with E-state index in [1.165, 1.54) is 35.1 Å². The fraction of sp³-hybridized carbons (Fsp3) is 0.286. The van der Waals surface area contributed by atoms with Crippen LogP contribution in [0.5, 0.6) is 0 Å². The van der Waals surface area contributed by atoms with E-state index in [9.17, 15) is 0 Å². The molecule has 0 nitrogen and oxygen atoms in total. The number of aryl methyl sites for hydroxylation is 2. The average molecular weight is 184 g/mol. The zero-order valence-electron chi connectivity index (χ0n) is 8.88. The van der Waals surface area contributed by atoms with E-state index >= 15 is 0 Å². The van der Waals surface area contributed by atoms with Gasteiger partial charge in [-0.2, -0.15) is 0 Å². The predicted molar refractivity (Wildman–Crippen MR) is 62.3 cm³/mol. The van der Waals surface area contributed by atoms with Crippen LogP contribution in [0.4, 0.5) is 0 Å². The summed E-state index contributed by atoms with van der Waals surface area (Å²) in [7, 11) is 0. The molecule has 0 bridgehead atoms. The van der Waals surface area contributed by atoms with Crippen LogP contribution in [0.1, 0.15) is 29.5 Å². The van der Waals surface area contributed by atoms with Gasteiger partial charge in [0.2, 0.25) is 0 Å². The van der Waals surface area contributed by atoms with Crippen LogP contribution in [0, 0.1) is 13.8 Å². The Balaban J connectivity index is 2.40. The molecule has 72 valence electrons. The summed E-state index contributed by atoms with van der Waals surface area (Å²) in [5, 5.41) is 0. The van der Waals surface area contributed by atoms with Gasteiger partial charge in [-0.25, -0.2) is 0 Å². The van der Waals surface area contributed by atoms with Crippen molar-refractivity contribution in [3.63, 3.8) is 0 Å². The third kappa shape index (κ3) is 1.95. The highest BCUT2D eigenvalue weighted by molar-refractivity contribution is 5.75. The molecule has 0 heteroatoms. The van der Waals surface area contributed by atoms with Gasteiger partial charge in [-0.15, -0.1) is 0 Å². The van der Waals surface area contributed by atoms with E-state index in [0.29, 0.717) is 0 Å². The molecule has 0 aliphatic heterocycles. The van der Waals surface area contributed by atoms with Crippen molar-refractivity contribution in [2.45, 2.75) is 26.7 Å². The van der Waals surface area contributed by atoms with Crippen LogP contribution in [0.3, 0.4) is 0 Å². The lowest BCUT2D eigenvalue weighted by molar-refractivity contribution is 1.04. The Bertz CT molecular complexity index is 374. The molecule has 0 N–H and O–H groups in total. The molecule has 0 amide bonds. The van der Waals surface area contributed by atoms with Crippen molar-refractivity contribution in [1.29, 1.82) is 0 Å². The molecule has 1 aliphatic carbocycles. The van der Waals surface area contributed by atoms with Gasteiger partial charge in [0, 0.05) is 0 Å². The van der Waals surface area contributed by atoms with Gasteiger partial charge in [0.15, 0.2) is 0 Å². The van der Waals surface area contributed by atoms with E-state index in [2.05, 4.69) is 50.3 Å². The summed E-state index contributed by atoms with van der Waals surface area (Å²) in [6, 6.07) is 6.74. The maximum atomic E-state index is 2.33. The molecular formula is C14H16. The molecule has 1 aliphatic rings. The van der Waals surface area contributed by atoms with Crippen molar-refractivity contribution in [2.75, 3.05) is 0 Å². The highest BCUT2D eigenvalue weighted by Crippen LogP contribution is 2.23. The first-order valence-electron chi connectivity index (χ1n) is 5.21. The zero-order valence-corrected chi connectivity index (χ0v) is 8.88. The van der Waals surface area contributed by atoms with Crippen LogP contribution in [-0.4, -0.2) is 0 Å². The van der Waals surface area contributed by atoms with Crippen molar-refractivity contribution in [2.24, 2.45) is 0 Å². The molecule has 0 saturated carbocycles. The Labute approximate surface area is 86.0 Å². The molecule has 0 heterocycles. The number of benzene rings is 1. The van der Waals surface area contributed by atoms with Crippen LogP contribution in [-0.2, 0) is 0 Å². The molecule has 0 saturated heterocycles. The quantitative estimate of drug-likeness (QED) is 0.618. The van der Waals surface area contributed by atoms with Gasteiger partial charge in [-0.3, -0.25) is 0 Å². The molecule has 0 aromatic heterocycles. The minimum Gasteiger partial charge on any atom is -0.0836 e. The summed E-state index contributed by atoms with van der Waals surface area (Å²) >= 11 is 0. The van der Waals surface area contributed by atoms with Crippen LogP contribution in [0.2, 0.25) is 0 Å². The van der Waals surface area contributed by atoms with Gasteiger partial charge < -0.3 is 0 Å². The van der Waals surface area contributed by atoms with Crippen molar-refractivity contribution in [3.8, 4) is 0 Å². The van der Waals surface area contributed by atoms with Crippen molar-refractivity contribution in [1.82, 2.24) is 0 Å². The Morgan fingerprint density at radius 1 is 0.929 bits per heavy atom. The summed E-state index contributed by atoms with van der Waals surface area (Å²) in [4.78, 5) is 0. The van der Waals surface area contributed by atoms with Crippen molar-refractivity contribution in [3.05, 3.63) is 53.1 Å². The fourth-order valence-electron chi connectivity index (χ4n) is 1.97. The normalized spacial score (nSPS) is 15.4. The van der Waals surface area contributed by atoms with Crippen LogP contribution in [0.15, 0.2) is 36.4 Å². The molecule has 14 heavy (non-hydrogen) atoms. The fourth-order valence-corrected chi connectivity index (χ4v) is 1.97. The number of rotatable bonds is 1. The Kier molecular flexibility index (Phi) is 2.53. The Hall–Kier alpha value is -1.30. The molecule has 0 spiro atoms. The van der Waals surface area contributed by atoms with E-state index in [1.807, 2.05) is 0 Å². The zero-order chi connectivity index (χ0) is 9.97. The van der Waals surface area contributed by atoms with E-state index in [4.69, 9.17) is 0 Å². The van der Waals surface area contributed by atoms with Crippen molar-refractivity contribution >= 4 is 5.57 Å². The number of hydrogen-bond donors (Lipinski definition) is 0. The average Bonchev–Trinajstić information content (AvgIpc) is 2.18. The summed E-state index contributed by atoms with van der Waals surface area (Å²) < 4.78 is 0. The lowest BCUT2D eigenvalue weighted by Gasteiger charge is -2.09. The van der Waals surface area contributed by atoms with Crippen molar-refractivity contribution < 1.29 is 0 Å². The monoisotopic (exact) mass is 184 g/mol. The first kappa shape index (κ1) is 9.26. The third-order valence-electron chi connectivity index (χ3n) is 2.55. The Morgan fingerprint density at radius 2 is 1.64 bits per heavy atom. The van der Waals surface area contributed by atoms with Gasteiger partial charge in [0.1, 0.15) is 0 Å². The van der Waals surface area contributed by atoms with Crippen LogP contribution >= 0.6 is 0 Å². The van der Waals surface area contributed by atoms with Gasteiger partial charge in [-0.05, 0) is 37.8 Å². The summed E-state index contributed by atoms with van der Waals surface area (Å²) in [6.45, 7) is 4.31. The highest BCUT2D eigenvalue weighted by atomic mass is 14.1. The van der Waals surface area contributed by atoms with E-state index < -0.39 is 0 Å². The summed E-state index contributed by atoms with van der Waals surface area (Å²) in [5.41, 5.74) is 5.43. The second-order valence-electron chi connectivity index (χ2n) is 4.02.